The fourth-order valence-corrected chi connectivity index (χ4v) is 2.99. The van der Waals surface area contributed by atoms with Gasteiger partial charge < -0.3 is 0 Å². The lowest BCUT2D eigenvalue weighted by Gasteiger charge is -2.05. The third-order valence-corrected chi connectivity index (χ3v) is 4.43. The van der Waals surface area contributed by atoms with Crippen LogP contribution in [0.5, 0.6) is 0 Å². The predicted octanol–water partition coefficient (Wildman–Crippen LogP) is 5.52. The van der Waals surface area contributed by atoms with Gasteiger partial charge in [0.25, 0.3) is 0 Å². The van der Waals surface area contributed by atoms with E-state index in [1.54, 1.807) is 11.8 Å². The van der Waals surface area contributed by atoms with E-state index in [1.807, 2.05) is 0 Å². The van der Waals surface area contributed by atoms with Crippen molar-refractivity contribution in [2.45, 2.75) is 66.5 Å². The number of nitrogens with zero attached hydrogens (tertiary/aromatic N) is 1. The van der Waals surface area contributed by atoms with Gasteiger partial charge in [0.15, 0.2) is 0 Å². The molecule has 0 radical (unpaired) electrons. The number of allylic oxidation sites excluding steroid dienone is 5. The monoisotopic (exact) mass is 348 g/mol. The lowest BCUT2D eigenvalue weighted by atomic mass is 10.1. The summed E-state index contributed by atoms with van der Waals surface area (Å²) in [6.45, 7) is 17.1. The fraction of sp³-hybridized carbons (Fsp3) is 0.600. The van der Waals surface area contributed by atoms with Gasteiger partial charge in [-0.2, -0.15) is 0 Å². The average molecular weight is 349 g/mol. The predicted molar refractivity (Wildman–Crippen MR) is 107 cm³/mol. The Labute approximate surface area is 152 Å². The van der Waals surface area contributed by atoms with Crippen LogP contribution in [0.15, 0.2) is 34.9 Å². The zero-order valence-corrected chi connectivity index (χ0v) is 16.6. The van der Waals surface area contributed by atoms with E-state index in [0.717, 1.165) is 31.4 Å². The van der Waals surface area contributed by atoms with Gasteiger partial charge in [0.1, 0.15) is 0 Å². The normalized spacial score (nSPS) is 13.2. The smallest absolute Gasteiger partial charge is 0.289 e. The zero-order valence-electron chi connectivity index (χ0n) is 15.8. The highest BCUT2D eigenvalue weighted by atomic mass is 32.2. The van der Waals surface area contributed by atoms with Crippen molar-refractivity contribution >= 4 is 17.7 Å². The summed E-state index contributed by atoms with van der Waals surface area (Å²) >= 11 is 1.68. The minimum Gasteiger partial charge on any atom is -0.289 e. The second kappa shape index (κ2) is 13.9. The van der Waals surface area contributed by atoms with Crippen molar-refractivity contribution in [3.05, 3.63) is 46.4 Å². The van der Waals surface area contributed by atoms with Crippen LogP contribution in [0.4, 0.5) is 0 Å². The molecule has 0 saturated carbocycles. The van der Waals surface area contributed by atoms with Gasteiger partial charge in [-0.05, 0) is 53.4 Å². The van der Waals surface area contributed by atoms with Crippen molar-refractivity contribution in [2.75, 3.05) is 11.5 Å². The van der Waals surface area contributed by atoms with Gasteiger partial charge in [-0.25, -0.2) is 6.57 Å². The molecule has 3 nitrogen and oxygen atoms in total. The van der Waals surface area contributed by atoms with Gasteiger partial charge in [0.2, 0.25) is 5.91 Å². The molecule has 0 heterocycles. The largest absolute Gasteiger partial charge is 0.307 e. The Morgan fingerprint density at radius 1 is 1.04 bits per heavy atom. The lowest BCUT2D eigenvalue weighted by Crippen LogP contribution is -2.32. The first kappa shape index (κ1) is 22.5. The summed E-state index contributed by atoms with van der Waals surface area (Å²) in [6.07, 6.45) is 10.9. The van der Waals surface area contributed by atoms with Crippen LogP contribution in [0.2, 0.25) is 0 Å². The van der Waals surface area contributed by atoms with Gasteiger partial charge in [-0.15, -0.1) is 11.8 Å². The van der Waals surface area contributed by atoms with Crippen molar-refractivity contribution in [2.24, 2.45) is 0 Å². The molecule has 0 aliphatic heterocycles. The standard InChI is InChI=1S/C20H32N2OS/c1-16(2)9-7-10-17(3)11-8-12-18(4)13-14-24-15-20(21-6)22-19(5)23/h9,11,13,20H,7-8,10,12,14-15H2,1-5H3,(H,22,23)/b17-11+,18-13+/t20-/m1/s1. The summed E-state index contributed by atoms with van der Waals surface area (Å²) in [4.78, 5) is 14.4. The van der Waals surface area contributed by atoms with Crippen molar-refractivity contribution in [1.82, 2.24) is 5.32 Å². The molecule has 0 aliphatic rings. The fourth-order valence-electron chi connectivity index (χ4n) is 2.07. The first-order valence-electron chi connectivity index (χ1n) is 8.51. The van der Waals surface area contributed by atoms with Crippen molar-refractivity contribution in [1.29, 1.82) is 0 Å². The Kier molecular flexibility index (Phi) is 13.1. The van der Waals surface area contributed by atoms with Gasteiger partial charge in [0, 0.05) is 12.7 Å². The number of amides is 1. The number of hydrogen-bond donors (Lipinski definition) is 1. The van der Waals surface area contributed by atoms with Crippen LogP contribution in [0.25, 0.3) is 4.85 Å². The number of carbonyl (C=O) groups excluding carboxylic acids is 1. The second-order valence-electron chi connectivity index (χ2n) is 6.34. The van der Waals surface area contributed by atoms with E-state index in [2.05, 4.69) is 56.1 Å². The Hall–Kier alpha value is -1.47. The minimum atomic E-state index is -0.410. The summed E-state index contributed by atoms with van der Waals surface area (Å²) in [5, 5.41) is 2.64. The number of nitrogens with one attached hydrogen (secondary N) is 1. The van der Waals surface area contributed by atoms with Crippen LogP contribution in [0.1, 0.15) is 60.3 Å². The van der Waals surface area contributed by atoms with Crippen LogP contribution in [-0.2, 0) is 4.79 Å². The Morgan fingerprint density at radius 2 is 1.62 bits per heavy atom. The topological polar surface area (TPSA) is 33.5 Å². The summed E-state index contributed by atoms with van der Waals surface area (Å²) in [5.74, 6) is 1.38. The minimum absolute atomic E-state index is 0.143. The molecule has 0 rings (SSSR count). The van der Waals surface area contributed by atoms with Crippen LogP contribution in [-0.4, -0.2) is 23.6 Å². The summed E-state index contributed by atoms with van der Waals surface area (Å²) in [6, 6.07) is 0. The summed E-state index contributed by atoms with van der Waals surface area (Å²) in [5.41, 5.74) is 4.23. The number of rotatable bonds is 11. The molecule has 134 valence electrons. The molecule has 1 N–H and O–H groups in total. The van der Waals surface area contributed by atoms with Gasteiger partial charge in [-0.3, -0.25) is 15.0 Å². The Morgan fingerprint density at radius 3 is 2.17 bits per heavy atom. The van der Waals surface area contributed by atoms with Crippen LogP contribution in [0, 0.1) is 6.57 Å². The molecule has 0 aromatic carbocycles. The molecule has 0 aliphatic carbocycles. The molecule has 0 bridgehead atoms. The first-order valence-corrected chi connectivity index (χ1v) is 9.66. The molecule has 0 unspecified atom stereocenters. The third-order valence-electron chi connectivity index (χ3n) is 3.47. The molecule has 0 aromatic rings. The molecule has 1 atom stereocenters. The summed E-state index contributed by atoms with van der Waals surface area (Å²) in [7, 11) is 0. The van der Waals surface area contributed by atoms with E-state index in [0.29, 0.717) is 5.75 Å². The van der Waals surface area contributed by atoms with Gasteiger partial charge in [0.05, 0.1) is 5.75 Å². The number of hydrogen-bond acceptors (Lipinski definition) is 2. The average Bonchev–Trinajstić information content (AvgIpc) is 2.49. The van der Waals surface area contributed by atoms with Crippen LogP contribution in [0.3, 0.4) is 0 Å². The molecule has 24 heavy (non-hydrogen) atoms. The van der Waals surface area contributed by atoms with Gasteiger partial charge >= 0.3 is 6.17 Å². The Bertz CT molecular complexity index is 508. The molecule has 0 aromatic heterocycles. The van der Waals surface area contributed by atoms with Crippen LogP contribution < -0.4 is 5.32 Å². The molecule has 0 spiro atoms. The number of thioether (sulfide) groups is 1. The van der Waals surface area contributed by atoms with E-state index in [1.165, 1.54) is 23.6 Å². The highest BCUT2D eigenvalue weighted by molar-refractivity contribution is 7.99. The van der Waals surface area contributed by atoms with E-state index < -0.39 is 6.17 Å². The van der Waals surface area contributed by atoms with Crippen molar-refractivity contribution < 1.29 is 4.79 Å². The van der Waals surface area contributed by atoms with E-state index >= 15 is 0 Å². The van der Waals surface area contributed by atoms with Gasteiger partial charge in [-0.1, -0.05) is 34.9 Å². The Balaban J connectivity index is 3.97. The van der Waals surface area contributed by atoms with E-state index in [9.17, 15) is 4.79 Å². The SMILES string of the molecule is [C-]#[N+][C@@H](CSC/C=C(\C)CC/C=C(\C)CCC=C(C)C)NC(C)=O. The molecule has 0 fully saturated rings. The maximum absolute atomic E-state index is 10.9. The zero-order chi connectivity index (χ0) is 18.4. The maximum Gasteiger partial charge on any atom is 0.307 e. The quantitative estimate of drug-likeness (QED) is 0.303. The van der Waals surface area contributed by atoms with Crippen molar-refractivity contribution in [3.8, 4) is 0 Å². The molecule has 0 saturated heterocycles. The number of carbonyl (C=O) groups is 1. The first-order chi connectivity index (χ1) is 11.3. The van der Waals surface area contributed by atoms with E-state index in [4.69, 9.17) is 6.57 Å². The highest BCUT2D eigenvalue weighted by Crippen LogP contribution is 2.13. The third kappa shape index (κ3) is 14.1. The molecule has 4 heteroatoms. The molecular formula is C20H32N2OS. The summed E-state index contributed by atoms with van der Waals surface area (Å²) < 4.78 is 0. The highest BCUT2D eigenvalue weighted by Gasteiger charge is 2.12. The molecule has 1 amide bonds. The van der Waals surface area contributed by atoms with Crippen LogP contribution >= 0.6 is 11.8 Å². The lowest BCUT2D eigenvalue weighted by molar-refractivity contribution is -0.119. The van der Waals surface area contributed by atoms with Crippen molar-refractivity contribution in [3.63, 3.8) is 0 Å². The second-order valence-corrected chi connectivity index (χ2v) is 7.42. The molecular weight excluding hydrogens is 316 g/mol. The van der Waals surface area contributed by atoms with E-state index in [-0.39, 0.29) is 5.91 Å². The maximum atomic E-state index is 10.9.